The number of carbonyl (C=O) groups excluding carboxylic acids is 2. The van der Waals surface area contributed by atoms with Crippen LogP contribution >= 0.6 is 0 Å². The third kappa shape index (κ3) is 8.52. The van der Waals surface area contributed by atoms with E-state index in [2.05, 4.69) is 25.0 Å². The fourth-order valence-electron chi connectivity index (χ4n) is 4.64. The van der Waals surface area contributed by atoms with E-state index < -0.39 is 17.9 Å². The topological polar surface area (TPSA) is 43.4 Å². The molecule has 0 heterocycles. The van der Waals surface area contributed by atoms with Crippen molar-refractivity contribution in [2.45, 2.75) is 109 Å². The third-order valence-corrected chi connectivity index (χ3v) is 6.68. The molecule has 1 unspecified atom stereocenters. The summed E-state index contributed by atoms with van der Waals surface area (Å²) in [5, 5.41) is 0. The van der Waals surface area contributed by atoms with Crippen molar-refractivity contribution in [3.8, 4) is 12.3 Å². The lowest BCUT2D eigenvalue weighted by atomic mass is 9.77. The Kier molecular flexibility index (Phi) is 11.4. The van der Waals surface area contributed by atoms with Crippen LogP contribution in [0.15, 0.2) is 24.3 Å². The van der Waals surface area contributed by atoms with E-state index in [-0.39, 0.29) is 0 Å². The minimum atomic E-state index is -0.839. The molecule has 1 aromatic carbocycles. The van der Waals surface area contributed by atoms with Gasteiger partial charge in [0.25, 0.3) is 0 Å². The quantitative estimate of drug-likeness (QED) is 0.145. The van der Waals surface area contributed by atoms with Gasteiger partial charge in [-0.15, -0.1) is 6.42 Å². The Hall–Kier alpha value is -2.08. The van der Waals surface area contributed by atoms with E-state index in [1.165, 1.54) is 69.8 Å². The van der Waals surface area contributed by atoms with Crippen molar-refractivity contribution >= 4 is 11.8 Å². The van der Waals surface area contributed by atoms with Crippen LogP contribution in [0.2, 0.25) is 0 Å². The molecule has 31 heavy (non-hydrogen) atoms. The van der Waals surface area contributed by atoms with Gasteiger partial charge in [0.1, 0.15) is 0 Å². The SMILES string of the molecule is C#CC(=O)C(CCCC)OC(=O)c1ccc([C@H]2CC[C@H](CCCCCCC)CC2)cc1. The molecule has 0 saturated heterocycles. The molecule has 2 rings (SSSR count). The highest BCUT2D eigenvalue weighted by Gasteiger charge is 2.24. The van der Waals surface area contributed by atoms with Crippen LogP contribution in [0.25, 0.3) is 0 Å². The Morgan fingerprint density at radius 1 is 0.968 bits per heavy atom. The number of esters is 1. The number of hydrogen-bond donors (Lipinski definition) is 0. The number of ether oxygens (including phenoxy) is 1. The highest BCUT2D eigenvalue weighted by Crippen LogP contribution is 2.37. The van der Waals surface area contributed by atoms with Gasteiger partial charge < -0.3 is 4.74 Å². The molecule has 0 amide bonds. The van der Waals surface area contributed by atoms with Crippen LogP contribution in [0.3, 0.4) is 0 Å². The first kappa shape index (κ1) is 25.2. The highest BCUT2D eigenvalue weighted by atomic mass is 16.5. The molecule has 1 saturated carbocycles. The van der Waals surface area contributed by atoms with Crippen molar-refractivity contribution in [2.75, 3.05) is 0 Å². The summed E-state index contributed by atoms with van der Waals surface area (Å²) in [5.41, 5.74) is 1.79. The fraction of sp³-hybridized carbons (Fsp3) is 0.643. The van der Waals surface area contributed by atoms with Gasteiger partial charge in [-0.2, -0.15) is 0 Å². The second-order valence-corrected chi connectivity index (χ2v) is 9.09. The number of hydrogen-bond acceptors (Lipinski definition) is 3. The maximum atomic E-state index is 12.5. The first-order valence-electron chi connectivity index (χ1n) is 12.4. The number of unbranched alkanes of at least 4 members (excludes halogenated alkanes) is 5. The Morgan fingerprint density at radius 3 is 2.23 bits per heavy atom. The van der Waals surface area contributed by atoms with Crippen LogP contribution in [0.1, 0.15) is 119 Å². The number of terminal acetylenes is 1. The van der Waals surface area contributed by atoms with Gasteiger partial charge in [0.05, 0.1) is 5.56 Å². The molecule has 1 atom stereocenters. The van der Waals surface area contributed by atoms with E-state index in [4.69, 9.17) is 11.2 Å². The molecule has 0 spiro atoms. The highest BCUT2D eigenvalue weighted by molar-refractivity contribution is 6.00. The molecular formula is C28H40O3. The van der Waals surface area contributed by atoms with Gasteiger partial charge in [0.2, 0.25) is 5.78 Å². The molecule has 1 aliphatic carbocycles. The summed E-state index contributed by atoms with van der Waals surface area (Å²) in [6.07, 6.45) is 19.9. The number of Topliss-reactive ketones (excluding diaryl/α,β-unsaturated/α-hetero) is 1. The molecule has 1 aromatic rings. The zero-order valence-electron chi connectivity index (χ0n) is 19.5. The summed E-state index contributed by atoms with van der Waals surface area (Å²) >= 11 is 0. The van der Waals surface area contributed by atoms with Gasteiger partial charge in [-0.25, -0.2) is 4.79 Å². The monoisotopic (exact) mass is 424 g/mol. The summed E-state index contributed by atoms with van der Waals surface area (Å²) in [7, 11) is 0. The van der Waals surface area contributed by atoms with Gasteiger partial charge in [0.15, 0.2) is 6.10 Å². The summed E-state index contributed by atoms with van der Waals surface area (Å²) in [5.74, 6) is 2.64. The molecule has 0 radical (unpaired) electrons. The lowest BCUT2D eigenvalue weighted by molar-refractivity contribution is -0.122. The number of ketones is 1. The average Bonchev–Trinajstić information content (AvgIpc) is 2.81. The van der Waals surface area contributed by atoms with E-state index in [0.29, 0.717) is 17.9 Å². The molecule has 0 N–H and O–H groups in total. The van der Waals surface area contributed by atoms with Crippen LogP contribution in [0.5, 0.6) is 0 Å². The maximum absolute atomic E-state index is 12.5. The normalized spacial score (nSPS) is 19.4. The Labute approximate surface area is 189 Å². The number of carbonyl (C=O) groups is 2. The summed E-state index contributed by atoms with van der Waals surface area (Å²) in [4.78, 5) is 24.4. The van der Waals surface area contributed by atoms with E-state index in [9.17, 15) is 9.59 Å². The van der Waals surface area contributed by atoms with Gasteiger partial charge in [-0.3, -0.25) is 4.79 Å². The van der Waals surface area contributed by atoms with E-state index >= 15 is 0 Å². The number of rotatable bonds is 13. The molecule has 0 bridgehead atoms. The Morgan fingerprint density at radius 2 is 1.61 bits per heavy atom. The summed E-state index contributed by atoms with van der Waals surface area (Å²) < 4.78 is 5.42. The molecule has 1 aliphatic rings. The Balaban J connectivity index is 1.81. The molecule has 0 aromatic heterocycles. The van der Waals surface area contributed by atoms with E-state index in [1.807, 2.05) is 19.1 Å². The van der Waals surface area contributed by atoms with Crippen molar-refractivity contribution in [1.82, 2.24) is 0 Å². The van der Waals surface area contributed by atoms with Crippen molar-refractivity contribution in [3.05, 3.63) is 35.4 Å². The molecular weight excluding hydrogens is 384 g/mol. The largest absolute Gasteiger partial charge is 0.450 e. The van der Waals surface area contributed by atoms with E-state index in [0.717, 1.165) is 18.8 Å². The zero-order chi connectivity index (χ0) is 22.5. The van der Waals surface area contributed by atoms with Crippen LogP contribution < -0.4 is 0 Å². The lowest BCUT2D eigenvalue weighted by Gasteiger charge is -2.29. The van der Waals surface area contributed by atoms with Crippen LogP contribution in [-0.4, -0.2) is 17.9 Å². The van der Waals surface area contributed by atoms with Crippen LogP contribution in [0, 0.1) is 18.3 Å². The first-order chi connectivity index (χ1) is 15.1. The molecule has 3 nitrogen and oxygen atoms in total. The lowest BCUT2D eigenvalue weighted by Crippen LogP contribution is -2.26. The standard InChI is InChI=1S/C28H40O3/c1-4-7-9-10-11-12-22-14-16-23(17-15-22)24-18-20-25(21-19-24)28(30)31-27(13-8-5-2)26(29)6-3/h3,18-23,27H,4-5,7-17H2,1-2H3/t22-,23-,27?. The van der Waals surface area contributed by atoms with Gasteiger partial charge in [-0.1, -0.05) is 70.9 Å². The smallest absolute Gasteiger partial charge is 0.338 e. The minimum absolute atomic E-state index is 0.458. The molecule has 1 fully saturated rings. The van der Waals surface area contributed by atoms with Crippen molar-refractivity contribution in [3.63, 3.8) is 0 Å². The predicted molar refractivity (Wildman–Crippen MR) is 127 cm³/mol. The van der Waals surface area contributed by atoms with Gasteiger partial charge in [0, 0.05) is 0 Å². The van der Waals surface area contributed by atoms with Crippen molar-refractivity contribution in [2.24, 2.45) is 5.92 Å². The minimum Gasteiger partial charge on any atom is -0.450 e. The number of benzene rings is 1. The first-order valence-corrected chi connectivity index (χ1v) is 12.4. The predicted octanol–water partition coefficient (Wildman–Crippen LogP) is 7.24. The molecule has 3 heteroatoms. The second-order valence-electron chi connectivity index (χ2n) is 9.09. The molecule has 170 valence electrons. The van der Waals surface area contributed by atoms with E-state index in [1.54, 1.807) is 0 Å². The van der Waals surface area contributed by atoms with Crippen LogP contribution in [-0.2, 0) is 9.53 Å². The molecule has 0 aliphatic heterocycles. The fourth-order valence-corrected chi connectivity index (χ4v) is 4.64. The van der Waals surface area contributed by atoms with Crippen LogP contribution in [0.4, 0.5) is 0 Å². The van der Waals surface area contributed by atoms with Gasteiger partial charge >= 0.3 is 5.97 Å². The zero-order valence-corrected chi connectivity index (χ0v) is 19.5. The summed E-state index contributed by atoms with van der Waals surface area (Å²) in [6.45, 7) is 4.29. The maximum Gasteiger partial charge on any atom is 0.338 e. The second kappa shape index (κ2) is 14.1. The average molecular weight is 425 g/mol. The summed E-state index contributed by atoms with van der Waals surface area (Å²) in [6, 6.07) is 7.76. The van der Waals surface area contributed by atoms with Gasteiger partial charge in [-0.05, 0) is 74.0 Å². The third-order valence-electron chi connectivity index (χ3n) is 6.68. The van der Waals surface area contributed by atoms with Crippen molar-refractivity contribution < 1.29 is 14.3 Å². The van der Waals surface area contributed by atoms with Crippen molar-refractivity contribution in [1.29, 1.82) is 0 Å². The Bertz CT molecular complexity index is 705.